The summed E-state index contributed by atoms with van der Waals surface area (Å²) >= 11 is 6.09. The normalized spacial score (nSPS) is 10.7. The Balaban J connectivity index is 1.78. The number of ketones is 1. The van der Waals surface area contributed by atoms with E-state index in [-0.39, 0.29) is 17.5 Å². The van der Waals surface area contributed by atoms with Gasteiger partial charge in [-0.3, -0.25) is 9.59 Å². The fourth-order valence-corrected chi connectivity index (χ4v) is 3.06. The zero-order valence-electron chi connectivity index (χ0n) is 17.4. The minimum atomic E-state index is -0.0706. The average Bonchev–Trinajstić information content (AvgIpc) is 2.68. The van der Waals surface area contributed by atoms with E-state index in [9.17, 15) is 14.7 Å². The third-order valence-electron chi connectivity index (χ3n) is 4.42. The van der Waals surface area contributed by atoms with Crippen molar-refractivity contribution in [3.63, 3.8) is 0 Å². The van der Waals surface area contributed by atoms with Crippen molar-refractivity contribution >= 4 is 23.9 Å². The van der Waals surface area contributed by atoms with Crippen LogP contribution in [-0.2, 0) is 4.79 Å². The summed E-state index contributed by atoms with van der Waals surface area (Å²) in [5.41, 5.74) is 0.897. The molecule has 0 unspecified atom stereocenters. The lowest BCUT2D eigenvalue weighted by atomic mass is 9.98. The Hall–Kier alpha value is -2.73. The van der Waals surface area contributed by atoms with Gasteiger partial charge < -0.3 is 19.3 Å². The topological polar surface area (TPSA) is 82.1 Å². The van der Waals surface area contributed by atoms with Gasteiger partial charge in [0.05, 0.1) is 23.8 Å². The van der Waals surface area contributed by atoms with Gasteiger partial charge in [-0.1, -0.05) is 25.4 Å². The van der Waals surface area contributed by atoms with Gasteiger partial charge in [0, 0.05) is 18.1 Å². The van der Waals surface area contributed by atoms with Crippen molar-refractivity contribution in [2.75, 3.05) is 13.2 Å². The molecule has 2 rings (SSSR count). The first-order valence-electron chi connectivity index (χ1n) is 9.84. The van der Waals surface area contributed by atoms with Gasteiger partial charge in [0.1, 0.15) is 23.0 Å². The van der Waals surface area contributed by atoms with Gasteiger partial charge in [0.15, 0.2) is 5.78 Å². The van der Waals surface area contributed by atoms with Crippen LogP contribution in [0.5, 0.6) is 23.0 Å². The molecule has 0 saturated carbocycles. The van der Waals surface area contributed by atoms with Gasteiger partial charge in [-0.2, -0.15) is 0 Å². The van der Waals surface area contributed by atoms with Crippen LogP contribution in [0.25, 0.3) is 0 Å². The molecule has 7 heteroatoms. The lowest BCUT2D eigenvalue weighted by Crippen LogP contribution is -2.06. The molecule has 0 aliphatic heterocycles. The maximum absolute atomic E-state index is 12.2. The molecule has 0 spiro atoms. The minimum absolute atomic E-state index is 0.0156. The Morgan fingerprint density at radius 3 is 2.33 bits per heavy atom. The van der Waals surface area contributed by atoms with Gasteiger partial charge in [0.25, 0.3) is 6.47 Å². The number of carbonyl (C=O) groups excluding carboxylic acids is 2. The quantitative estimate of drug-likeness (QED) is 0.275. The lowest BCUT2D eigenvalue weighted by molar-refractivity contribution is -0.120. The molecule has 30 heavy (non-hydrogen) atoms. The molecule has 0 aliphatic rings. The minimum Gasteiger partial charge on any atom is -0.507 e. The Morgan fingerprint density at radius 1 is 1.10 bits per heavy atom. The van der Waals surface area contributed by atoms with Crippen molar-refractivity contribution in [1.82, 2.24) is 0 Å². The van der Waals surface area contributed by atoms with Crippen LogP contribution >= 0.6 is 11.6 Å². The maximum atomic E-state index is 12.2. The van der Waals surface area contributed by atoms with Gasteiger partial charge in [-0.15, -0.1) is 0 Å². The second-order valence-electron chi connectivity index (χ2n) is 7.32. The number of carbonyl (C=O) groups is 2. The van der Waals surface area contributed by atoms with E-state index in [1.165, 1.54) is 6.07 Å². The molecule has 0 radical (unpaired) electrons. The molecule has 6 nitrogen and oxygen atoms in total. The number of halogens is 1. The monoisotopic (exact) mass is 434 g/mol. The molecule has 2 aromatic rings. The van der Waals surface area contributed by atoms with Crippen molar-refractivity contribution in [3.05, 3.63) is 46.5 Å². The van der Waals surface area contributed by atoms with E-state index in [1.807, 2.05) is 13.8 Å². The van der Waals surface area contributed by atoms with Crippen LogP contribution in [0.1, 0.15) is 49.0 Å². The number of ether oxygens (including phenoxy) is 3. The highest BCUT2D eigenvalue weighted by atomic mass is 35.5. The van der Waals surface area contributed by atoms with E-state index in [1.54, 1.807) is 31.2 Å². The first-order valence-corrected chi connectivity index (χ1v) is 10.2. The lowest BCUT2D eigenvalue weighted by Gasteiger charge is -2.14. The van der Waals surface area contributed by atoms with Crippen LogP contribution in [-0.4, -0.2) is 30.6 Å². The van der Waals surface area contributed by atoms with Crippen LogP contribution in [0.4, 0.5) is 0 Å². The molecule has 162 valence electrons. The first-order chi connectivity index (χ1) is 14.3. The molecular formula is C23H27ClO6. The van der Waals surface area contributed by atoms with Gasteiger partial charge in [-0.05, 0) is 49.9 Å². The largest absolute Gasteiger partial charge is 0.507 e. The SMILES string of the molecule is Cc1c(OCCCCOc2ccc(OC=O)cc2Cl)ccc(C(=O)CC(C)C)c1O. The van der Waals surface area contributed by atoms with Crippen molar-refractivity contribution in [2.24, 2.45) is 5.92 Å². The summed E-state index contributed by atoms with van der Waals surface area (Å²) in [4.78, 5) is 22.5. The summed E-state index contributed by atoms with van der Waals surface area (Å²) in [6.07, 6.45) is 1.86. The standard InChI is InChI=1S/C23H27ClO6/c1-15(2)12-20(26)18-7-9-21(16(3)23(18)27)28-10-4-5-11-29-22-8-6-17(30-14-25)13-19(22)24/h6-9,13-15,27H,4-5,10-12H2,1-3H3. The summed E-state index contributed by atoms with van der Waals surface area (Å²) in [6, 6.07) is 8.10. The molecule has 0 bridgehead atoms. The predicted octanol–water partition coefficient (Wildman–Crippen LogP) is 5.36. The van der Waals surface area contributed by atoms with E-state index >= 15 is 0 Å². The van der Waals surface area contributed by atoms with Gasteiger partial charge in [0.2, 0.25) is 0 Å². The van der Waals surface area contributed by atoms with Crippen LogP contribution in [0.15, 0.2) is 30.3 Å². The van der Waals surface area contributed by atoms with Gasteiger partial charge >= 0.3 is 0 Å². The van der Waals surface area contributed by atoms with E-state index < -0.39 is 0 Å². The van der Waals surface area contributed by atoms with Crippen molar-refractivity contribution < 1.29 is 28.9 Å². The summed E-state index contributed by atoms with van der Waals surface area (Å²) in [7, 11) is 0. The fraction of sp³-hybridized carbons (Fsp3) is 0.391. The molecule has 0 fully saturated rings. The number of phenols is 1. The molecular weight excluding hydrogens is 408 g/mol. The van der Waals surface area contributed by atoms with Crippen molar-refractivity contribution in [2.45, 2.75) is 40.0 Å². The zero-order chi connectivity index (χ0) is 22.1. The zero-order valence-corrected chi connectivity index (χ0v) is 18.2. The van der Waals surface area contributed by atoms with Crippen molar-refractivity contribution in [1.29, 1.82) is 0 Å². The Morgan fingerprint density at radius 2 is 1.73 bits per heavy atom. The maximum Gasteiger partial charge on any atom is 0.298 e. The van der Waals surface area contributed by atoms with Crippen LogP contribution in [0.3, 0.4) is 0 Å². The molecule has 1 N–H and O–H groups in total. The summed E-state index contributed by atoms with van der Waals surface area (Å²) in [5.74, 6) is 1.57. The van der Waals surface area contributed by atoms with Crippen LogP contribution in [0.2, 0.25) is 5.02 Å². The van der Waals surface area contributed by atoms with E-state index in [0.29, 0.717) is 59.5 Å². The summed E-state index contributed by atoms with van der Waals surface area (Å²) < 4.78 is 16.1. The molecule has 0 aliphatic carbocycles. The highest BCUT2D eigenvalue weighted by molar-refractivity contribution is 6.32. The summed E-state index contributed by atoms with van der Waals surface area (Å²) in [5, 5.41) is 10.7. The van der Waals surface area contributed by atoms with E-state index in [0.717, 1.165) is 12.8 Å². The average molecular weight is 435 g/mol. The van der Waals surface area contributed by atoms with E-state index in [2.05, 4.69) is 0 Å². The fourth-order valence-electron chi connectivity index (χ4n) is 2.84. The third-order valence-corrected chi connectivity index (χ3v) is 4.71. The number of benzene rings is 2. The second-order valence-corrected chi connectivity index (χ2v) is 7.72. The highest BCUT2D eigenvalue weighted by Gasteiger charge is 2.17. The Kier molecular flexibility index (Phi) is 8.99. The van der Waals surface area contributed by atoms with Crippen LogP contribution in [0, 0.1) is 12.8 Å². The number of unbranched alkanes of at least 4 members (excludes halogenated alkanes) is 1. The third kappa shape index (κ3) is 6.66. The van der Waals surface area contributed by atoms with Crippen LogP contribution < -0.4 is 14.2 Å². The number of rotatable bonds is 12. The second kappa shape index (κ2) is 11.5. The molecule has 0 saturated heterocycles. The number of phenolic OH excluding ortho intramolecular Hbond substituents is 1. The molecule has 0 atom stereocenters. The van der Waals surface area contributed by atoms with E-state index in [4.69, 9.17) is 25.8 Å². The molecule has 0 heterocycles. The number of hydrogen-bond donors (Lipinski definition) is 1. The predicted molar refractivity (Wildman–Crippen MR) is 115 cm³/mol. The molecule has 0 aromatic heterocycles. The Labute approximate surface area is 181 Å². The van der Waals surface area contributed by atoms with Crippen molar-refractivity contribution in [3.8, 4) is 23.0 Å². The first kappa shape index (κ1) is 23.5. The smallest absolute Gasteiger partial charge is 0.298 e. The number of hydrogen-bond acceptors (Lipinski definition) is 6. The number of aromatic hydroxyl groups is 1. The van der Waals surface area contributed by atoms with Gasteiger partial charge in [-0.25, -0.2) is 0 Å². The molecule has 2 aromatic carbocycles. The summed E-state index contributed by atoms with van der Waals surface area (Å²) in [6.45, 7) is 6.90. The number of Topliss-reactive ketones (excluding diaryl/α,β-unsaturated/α-hetero) is 1. The highest BCUT2D eigenvalue weighted by Crippen LogP contribution is 2.32. The molecule has 0 amide bonds. The Bertz CT molecular complexity index is 878.